The van der Waals surface area contributed by atoms with E-state index in [-0.39, 0.29) is 42.3 Å². The van der Waals surface area contributed by atoms with Crippen molar-refractivity contribution in [2.24, 2.45) is 0 Å². The number of carbonyl (C=O) groups is 2. The van der Waals surface area contributed by atoms with Gasteiger partial charge in [0, 0.05) is 50.7 Å². The third-order valence-electron chi connectivity index (χ3n) is 8.97. The summed E-state index contributed by atoms with van der Waals surface area (Å²) >= 11 is 0. The summed E-state index contributed by atoms with van der Waals surface area (Å²) in [6.07, 6.45) is -3.48. The normalized spacial score (nSPS) is 19.0. The van der Waals surface area contributed by atoms with E-state index in [0.29, 0.717) is 37.2 Å². The van der Waals surface area contributed by atoms with Crippen molar-refractivity contribution in [1.29, 1.82) is 0 Å². The molecule has 7 N–H and O–H groups in total. The first-order valence-electron chi connectivity index (χ1n) is 17.3. The van der Waals surface area contributed by atoms with Crippen molar-refractivity contribution in [1.82, 2.24) is 40.4 Å². The Kier molecular flexibility index (Phi) is 12.9. The molecule has 274 valence electrons. The van der Waals surface area contributed by atoms with E-state index in [0.717, 1.165) is 11.1 Å². The zero-order valence-corrected chi connectivity index (χ0v) is 29.4. The minimum Gasteiger partial charge on any atom is -0.394 e. The van der Waals surface area contributed by atoms with Crippen LogP contribution in [0, 0.1) is 0 Å². The summed E-state index contributed by atoms with van der Waals surface area (Å²) in [7, 11) is 0. The van der Waals surface area contributed by atoms with Gasteiger partial charge in [0.25, 0.3) is 5.91 Å². The fourth-order valence-electron chi connectivity index (χ4n) is 6.34. The molecule has 15 heteroatoms. The molecule has 0 saturated carbocycles. The number of hydrogen-bond donors (Lipinski definition) is 7. The number of nitrogens with one attached hydrogen (secondary N) is 4. The molecular weight excluding hydrogens is 654 g/mol. The molecule has 0 spiro atoms. The van der Waals surface area contributed by atoms with Crippen LogP contribution in [-0.2, 0) is 4.74 Å². The summed E-state index contributed by atoms with van der Waals surface area (Å²) in [6.45, 7) is 9.84. The molecule has 4 aromatic rings. The van der Waals surface area contributed by atoms with Crippen LogP contribution >= 0.6 is 0 Å². The molecule has 1 aliphatic heterocycles. The second kappa shape index (κ2) is 17.5. The van der Waals surface area contributed by atoms with Gasteiger partial charge in [-0.25, -0.2) is 19.7 Å². The zero-order chi connectivity index (χ0) is 36.5. The van der Waals surface area contributed by atoms with Crippen LogP contribution in [0.5, 0.6) is 0 Å². The summed E-state index contributed by atoms with van der Waals surface area (Å²) in [6, 6.07) is 20.4. The first kappa shape index (κ1) is 37.6. The number of rotatable bonds is 16. The maximum absolute atomic E-state index is 13.4. The summed E-state index contributed by atoms with van der Waals surface area (Å²) in [5.41, 5.74) is 2.64. The van der Waals surface area contributed by atoms with Crippen LogP contribution in [-0.4, -0.2) is 121 Å². The molecule has 0 unspecified atom stereocenters. The number of nitrogens with zero attached hydrogens (tertiary/aromatic N) is 5. The van der Waals surface area contributed by atoms with Crippen molar-refractivity contribution >= 4 is 28.9 Å². The van der Waals surface area contributed by atoms with Gasteiger partial charge in [-0.1, -0.05) is 60.7 Å². The standard InChI is InChI=1S/C36H49N9O6/c1-22(2)44(23(3)4)18-17-39-36(50)38-16-15-37-34(49)32-42-31(40-19-26(24-11-7-5-8-12-24)25-13-9-6-10-14-25)28-33(43-32)45(21-41-28)35-30(48)29(47)27(20-46)51-35/h5-14,21-23,26-27,29-30,35,46-48H,15-20H2,1-4H3,(H,37,49)(H2,38,39,50)(H,40,42,43)/t27-,29-,30-,35-/m1/s1. The predicted molar refractivity (Wildman–Crippen MR) is 192 cm³/mol. The number of carbonyl (C=O) groups excluding carboxylic acids is 2. The molecule has 1 fully saturated rings. The van der Waals surface area contributed by atoms with Crippen LogP contribution in [0.2, 0.25) is 0 Å². The van der Waals surface area contributed by atoms with E-state index < -0.39 is 37.1 Å². The van der Waals surface area contributed by atoms with Gasteiger partial charge in [-0.2, -0.15) is 0 Å². The lowest BCUT2D eigenvalue weighted by Crippen LogP contribution is -2.45. The summed E-state index contributed by atoms with van der Waals surface area (Å²) in [5, 5.41) is 42.6. The summed E-state index contributed by atoms with van der Waals surface area (Å²) < 4.78 is 7.17. The van der Waals surface area contributed by atoms with Gasteiger partial charge in [-0.15, -0.1) is 0 Å². The monoisotopic (exact) mass is 703 g/mol. The maximum Gasteiger partial charge on any atom is 0.314 e. The molecular formula is C36H49N9O6. The van der Waals surface area contributed by atoms with E-state index in [1.807, 2.05) is 60.7 Å². The first-order chi connectivity index (χ1) is 24.6. The largest absolute Gasteiger partial charge is 0.394 e. The lowest BCUT2D eigenvalue weighted by Gasteiger charge is -2.30. The molecule has 15 nitrogen and oxygen atoms in total. The number of aliphatic hydroxyl groups excluding tert-OH is 3. The van der Waals surface area contributed by atoms with Crippen molar-refractivity contribution < 1.29 is 29.6 Å². The van der Waals surface area contributed by atoms with E-state index in [1.165, 1.54) is 10.9 Å². The number of ether oxygens (including phenoxy) is 1. The first-order valence-corrected chi connectivity index (χ1v) is 17.3. The van der Waals surface area contributed by atoms with E-state index in [4.69, 9.17) is 4.74 Å². The zero-order valence-electron chi connectivity index (χ0n) is 29.4. The van der Waals surface area contributed by atoms with Crippen molar-refractivity contribution in [2.75, 3.05) is 44.6 Å². The average Bonchev–Trinajstić information content (AvgIpc) is 3.68. The second-order valence-corrected chi connectivity index (χ2v) is 13.1. The Morgan fingerprint density at radius 2 is 1.47 bits per heavy atom. The molecule has 0 bridgehead atoms. The SMILES string of the molecule is CC(C)N(CCNC(=O)NCCNC(=O)c1nc(NCC(c2ccccc2)c2ccccc2)c2ncn([C@@H]3O[C@H](CO)[C@@H](O)[C@H]3O)c2n1)C(C)C. The number of benzene rings is 2. The molecule has 0 aliphatic carbocycles. The quantitative estimate of drug-likeness (QED) is 0.0841. The lowest BCUT2D eigenvalue weighted by molar-refractivity contribution is -0.0511. The predicted octanol–water partition coefficient (Wildman–Crippen LogP) is 1.83. The van der Waals surface area contributed by atoms with Crippen LogP contribution in [0.1, 0.15) is 61.6 Å². The molecule has 0 radical (unpaired) electrons. The Bertz CT molecular complexity index is 1670. The van der Waals surface area contributed by atoms with E-state index in [1.54, 1.807) is 0 Å². The summed E-state index contributed by atoms with van der Waals surface area (Å²) in [4.78, 5) is 41.6. The Balaban J connectivity index is 1.33. The fourth-order valence-corrected chi connectivity index (χ4v) is 6.34. The highest BCUT2D eigenvalue weighted by Gasteiger charge is 2.44. The third kappa shape index (κ3) is 9.17. The highest BCUT2D eigenvalue weighted by molar-refractivity contribution is 5.94. The number of imidazole rings is 1. The van der Waals surface area contributed by atoms with E-state index >= 15 is 0 Å². The Morgan fingerprint density at radius 3 is 2.06 bits per heavy atom. The third-order valence-corrected chi connectivity index (χ3v) is 8.97. The van der Waals surface area contributed by atoms with Crippen molar-refractivity contribution in [3.05, 3.63) is 83.9 Å². The molecule has 3 amide bonds. The van der Waals surface area contributed by atoms with Gasteiger partial charge in [-0.05, 0) is 38.8 Å². The van der Waals surface area contributed by atoms with Crippen LogP contribution < -0.4 is 21.3 Å². The van der Waals surface area contributed by atoms with Crippen LogP contribution in [0.25, 0.3) is 11.2 Å². The second-order valence-electron chi connectivity index (χ2n) is 13.1. The van der Waals surface area contributed by atoms with Crippen LogP contribution in [0.4, 0.5) is 10.6 Å². The van der Waals surface area contributed by atoms with Gasteiger partial charge in [0.1, 0.15) is 18.3 Å². The Hall–Kier alpha value is -4.67. The number of urea groups is 1. The Morgan fingerprint density at radius 1 is 0.863 bits per heavy atom. The van der Waals surface area contributed by atoms with Gasteiger partial charge in [0.05, 0.1) is 12.9 Å². The molecule has 2 aromatic carbocycles. The van der Waals surface area contributed by atoms with Gasteiger partial charge in [-0.3, -0.25) is 14.3 Å². The van der Waals surface area contributed by atoms with E-state index in [9.17, 15) is 24.9 Å². The van der Waals surface area contributed by atoms with Gasteiger partial charge in [0.15, 0.2) is 23.2 Å². The van der Waals surface area contributed by atoms with Gasteiger partial charge >= 0.3 is 6.03 Å². The molecule has 1 aliphatic rings. The molecule has 1 saturated heterocycles. The van der Waals surface area contributed by atoms with E-state index in [2.05, 4.69) is 68.8 Å². The van der Waals surface area contributed by atoms with Crippen molar-refractivity contribution in [3.63, 3.8) is 0 Å². The molecule has 51 heavy (non-hydrogen) atoms. The molecule has 4 atom stereocenters. The molecule has 5 rings (SSSR count). The topological polar surface area (TPSA) is 199 Å². The number of hydrogen-bond acceptors (Lipinski definition) is 11. The molecule has 2 aromatic heterocycles. The number of aliphatic hydroxyl groups is 3. The van der Waals surface area contributed by atoms with Gasteiger partial charge < -0.3 is 41.3 Å². The van der Waals surface area contributed by atoms with Crippen LogP contribution in [0.3, 0.4) is 0 Å². The summed E-state index contributed by atoms with van der Waals surface area (Å²) in [5.74, 6) is -0.570. The minimum atomic E-state index is -1.39. The van der Waals surface area contributed by atoms with Crippen LogP contribution in [0.15, 0.2) is 67.0 Å². The fraction of sp³-hybridized carbons (Fsp3) is 0.472. The smallest absolute Gasteiger partial charge is 0.314 e. The number of amides is 3. The number of fused-ring (bicyclic) bond motifs is 1. The Labute approximate surface area is 297 Å². The van der Waals surface area contributed by atoms with Crippen molar-refractivity contribution in [3.8, 4) is 0 Å². The highest BCUT2D eigenvalue weighted by atomic mass is 16.6. The minimum absolute atomic E-state index is 0.0757. The number of anilines is 1. The average molecular weight is 704 g/mol. The van der Waals surface area contributed by atoms with Gasteiger partial charge in [0.2, 0.25) is 5.82 Å². The number of aromatic nitrogens is 4. The highest BCUT2D eigenvalue weighted by Crippen LogP contribution is 2.33. The lowest BCUT2D eigenvalue weighted by atomic mass is 9.91. The van der Waals surface area contributed by atoms with Crippen molar-refractivity contribution in [2.45, 2.75) is 70.2 Å². The maximum atomic E-state index is 13.4. The molecule has 3 heterocycles.